The Hall–Kier alpha value is 2.68. The second-order valence-corrected chi connectivity index (χ2v) is 10.1. The Morgan fingerprint density at radius 1 is 1.06 bits per heavy atom. The summed E-state index contributed by atoms with van der Waals surface area (Å²) in [6.07, 6.45) is -1.01. The number of hydrogen-bond donors (Lipinski definition) is 2. The summed E-state index contributed by atoms with van der Waals surface area (Å²) in [5.41, 5.74) is 6.14. The van der Waals surface area contributed by atoms with E-state index in [2.05, 4.69) is 28.1 Å². The minimum atomic E-state index is -6.08. The Morgan fingerprint density at radius 2 is 1.68 bits per heavy atom. The summed E-state index contributed by atoms with van der Waals surface area (Å²) >= 11 is 0. The maximum absolute atomic E-state index is 11.6. The van der Waals surface area contributed by atoms with Crippen molar-refractivity contribution in [1.29, 1.82) is 0 Å². The van der Waals surface area contributed by atoms with Gasteiger partial charge in [-0.3, -0.25) is 18.0 Å². The van der Waals surface area contributed by atoms with Gasteiger partial charge in [0.1, 0.15) is 17.9 Å². The molecule has 34 heavy (non-hydrogen) atoms. The fourth-order valence-electron chi connectivity index (χ4n) is 2.60. The molecule has 0 saturated carbocycles. The predicted molar refractivity (Wildman–Crippen MR) is 85.2 cm³/mol. The molecule has 5 atom stereocenters. The first-order valence-electron chi connectivity index (χ1n) is 7.74. The number of phosphoric acid groups is 3. The SMILES string of the molecule is Nc1ncnc2c1ncn2C1OC(COP(=O)([O-])OP(=O)([O-])OP(=O)([O-])[O-])CC1O.[Na+].[Na+].[Na+].[Na+]. The van der Waals surface area contributed by atoms with Gasteiger partial charge in [0.05, 0.1) is 26.9 Å². The van der Waals surface area contributed by atoms with Gasteiger partial charge in [0.25, 0.3) is 15.6 Å². The number of nitrogen functional groups attached to an aromatic ring is 1. The van der Waals surface area contributed by atoms with Gasteiger partial charge < -0.3 is 44.2 Å². The normalized spacial score (nSPS) is 23.4. The number of ether oxygens (including phenoxy) is 1. The Bertz CT molecular complexity index is 1090. The van der Waals surface area contributed by atoms with E-state index in [-0.39, 0.29) is 142 Å². The van der Waals surface area contributed by atoms with Crippen molar-refractivity contribution in [1.82, 2.24) is 19.5 Å². The Labute approximate surface area is 280 Å². The fraction of sp³-hybridized carbons (Fsp3) is 0.500. The number of rotatable bonds is 8. The molecule has 168 valence electrons. The van der Waals surface area contributed by atoms with E-state index >= 15 is 0 Å². The predicted octanol–water partition coefficient (Wildman–Crippen LogP) is -15.1. The smallest absolute Gasteiger partial charge is 0.790 e. The molecule has 5 unspecified atom stereocenters. The summed E-state index contributed by atoms with van der Waals surface area (Å²) in [4.78, 5) is 55.0. The van der Waals surface area contributed by atoms with E-state index < -0.39 is 48.5 Å². The first kappa shape index (κ1) is 38.8. The molecule has 0 amide bonds. The number of nitrogens with two attached hydrogens (primary N) is 1. The van der Waals surface area contributed by atoms with Crippen LogP contribution < -0.4 is 144 Å². The molecule has 3 heterocycles. The van der Waals surface area contributed by atoms with E-state index in [1.807, 2.05) is 0 Å². The second-order valence-electron chi connectivity index (χ2n) is 5.84. The molecule has 0 spiro atoms. The molecule has 1 aliphatic rings. The molecule has 17 nitrogen and oxygen atoms in total. The van der Waals surface area contributed by atoms with Crippen LogP contribution in [0.2, 0.25) is 0 Å². The van der Waals surface area contributed by atoms with Crippen LogP contribution in [0.4, 0.5) is 5.82 Å². The summed E-state index contributed by atoms with van der Waals surface area (Å²) in [6, 6.07) is 0. The van der Waals surface area contributed by atoms with Crippen molar-refractivity contribution in [2.24, 2.45) is 0 Å². The van der Waals surface area contributed by atoms with Gasteiger partial charge in [0, 0.05) is 6.42 Å². The molecule has 0 aromatic carbocycles. The van der Waals surface area contributed by atoms with Crippen LogP contribution in [0.25, 0.3) is 11.2 Å². The maximum atomic E-state index is 11.6. The number of nitrogens with zero attached hydrogens (tertiary/aromatic N) is 4. The molecular weight excluding hydrogens is 567 g/mol. The molecule has 0 aliphatic carbocycles. The number of anilines is 1. The van der Waals surface area contributed by atoms with Gasteiger partial charge in [-0.1, -0.05) is 0 Å². The number of aliphatic hydroxyl groups is 1. The Kier molecular flexibility index (Phi) is 17.7. The Morgan fingerprint density at radius 3 is 2.26 bits per heavy atom. The van der Waals surface area contributed by atoms with Crippen molar-refractivity contribution in [2.75, 3.05) is 12.3 Å². The second kappa shape index (κ2) is 15.5. The summed E-state index contributed by atoms with van der Waals surface area (Å²) in [5, 5.41) is 10.2. The zero-order chi connectivity index (χ0) is 22.3. The number of imidazole rings is 1. The fourth-order valence-corrected chi connectivity index (χ4v) is 5.49. The van der Waals surface area contributed by atoms with Crippen molar-refractivity contribution >= 4 is 40.4 Å². The van der Waals surface area contributed by atoms with Crippen LogP contribution in [0.3, 0.4) is 0 Å². The molecule has 1 aliphatic heterocycles. The van der Waals surface area contributed by atoms with Crippen LogP contribution in [0.1, 0.15) is 12.6 Å². The first-order chi connectivity index (χ1) is 13.8. The third-order valence-corrected chi connectivity index (χ3v) is 7.31. The summed E-state index contributed by atoms with van der Waals surface area (Å²) in [6.45, 7) is -0.815. The average Bonchev–Trinajstić information content (AvgIpc) is 3.13. The maximum Gasteiger partial charge on any atom is 1.00 e. The number of aromatic nitrogens is 4. The van der Waals surface area contributed by atoms with Crippen LogP contribution in [-0.2, 0) is 31.6 Å². The van der Waals surface area contributed by atoms with Gasteiger partial charge in [-0.05, 0) is 0 Å². The molecule has 0 radical (unpaired) electrons. The summed E-state index contributed by atoms with van der Waals surface area (Å²) < 4.78 is 50.6. The summed E-state index contributed by atoms with van der Waals surface area (Å²) in [7, 11) is -17.8. The molecule has 3 rings (SSSR count). The average molecular weight is 579 g/mol. The van der Waals surface area contributed by atoms with Crippen molar-refractivity contribution in [3.63, 3.8) is 0 Å². The summed E-state index contributed by atoms with van der Waals surface area (Å²) in [5.74, 6) is 0.0838. The van der Waals surface area contributed by atoms with Crippen molar-refractivity contribution in [3.05, 3.63) is 12.7 Å². The topological polar surface area (TPSA) is 270 Å². The number of phosphoric ester groups is 1. The molecule has 24 heteroatoms. The molecule has 1 fully saturated rings. The van der Waals surface area contributed by atoms with Crippen LogP contribution in [0, 0.1) is 0 Å². The van der Waals surface area contributed by atoms with E-state index in [0.717, 1.165) is 6.33 Å². The van der Waals surface area contributed by atoms with E-state index in [9.17, 15) is 38.4 Å². The monoisotopic (exact) mass is 579 g/mol. The van der Waals surface area contributed by atoms with Crippen LogP contribution >= 0.6 is 23.5 Å². The van der Waals surface area contributed by atoms with Gasteiger partial charge in [0.15, 0.2) is 17.7 Å². The van der Waals surface area contributed by atoms with E-state index in [1.165, 1.54) is 10.9 Å². The Balaban J connectivity index is 0. The molecule has 2 aromatic heterocycles. The minimum absolute atomic E-state index is 0. The molecular formula is C10H12N5Na4O12P3. The van der Waals surface area contributed by atoms with Crippen LogP contribution in [0.15, 0.2) is 12.7 Å². The quantitative estimate of drug-likeness (QED) is 0.217. The third-order valence-electron chi connectivity index (χ3n) is 3.65. The van der Waals surface area contributed by atoms with Crippen molar-refractivity contribution < 1.29 is 174 Å². The zero-order valence-corrected chi connectivity index (χ0v) is 29.1. The first-order valence-corrected chi connectivity index (χ1v) is 12.1. The number of fused-ring (bicyclic) bond motifs is 1. The van der Waals surface area contributed by atoms with Gasteiger partial charge in [-0.2, -0.15) is 0 Å². The molecule has 1 saturated heterocycles. The largest absolute Gasteiger partial charge is 1.00 e. The molecule has 0 bridgehead atoms. The third kappa shape index (κ3) is 11.0. The van der Waals surface area contributed by atoms with Crippen LogP contribution in [-0.4, -0.2) is 43.4 Å². The van der Waals surface area contributed by atoms with Gasteiger partial charge >= 0.3 is 118 Å². The van der Waals surface area contributed by atoms with Gasteiger partial charge in [-0.15, -0.1) is 0 Å². The van der Waals surface area contributed by atoms with Crippen molar-refractivity contribution in [3.8, 4) is 0 Å². The number of aliphatic hydroxyl groups excluding tert-OH is 1. The van der Waals surface area contributed by atoms with E-state index in [1.54, 1.807) is 0 Å². The number of hydrogen-bond acceptors (Lipinski definition) is 16. The molecule has 3 N–H and O–H groups in total. The van der Waals surface area contributed by atoms with Gasteiger partial charge in [0.2, 0.25) is 0 Å². The minimum Gasteiger partial charge on any atom is -0.790 e. The standard InChI is InChI=1S/C10H16N5O12P3.4Na/c11-8-7-9(13-3-12-8)15(4-14-7)10-6(16)1-5(25-10)2-24-29(20,21)27-30(22,23)26-28(17,18)19;;;;/h3-6,10,16H,1-2H2,(H,20,21)(H,22,23)(H2,11,12,13)(H2,17,18,19);;;;/q;4*+1/p-4. The van der Waals surface area contributed by atoms with Gasteiger partial charge in [-0.25, -0.2) is 19.3 Å². The molecule has 2 aromatic rings. The van der Waals surface area contributed by atoms with E-state index in [0.29, 0.717) is 0 Å². The zero-order valence-electron chi connectivity index (χ0n) is 18.4. The van der Waals surface area contributed by atoms with Crippen molar-refractivity contribution in [2.45, 2.75) is 24.9 Å². The van der Waals surface area contributed by atoms with Crippen LogP contribution in [0.5, 0.6) is 0 Å². The van der Waals surface area contributed by atoms with E-state index in [4.69, 9.17) is 10.5 Å².